The van der Waals surface area contributed by atoms with Crippen molar-refractivity contribution in [2.24, 2.45) is 5.73 Å². The van der Waals surface area contributed by atoms with Crippen molar-refractivity contribution in [2.75, 3.05) is 26.3 Å². The lowest BCUT2D eigenvalue weighted by molar-refractivity contribution is -0.308. The highest BCUT2D eigenvalue weighted by molar-refractivity contribution is 5.75. The van der Waals surface area contributed by atoms with Gasteiger partial charge in [0.2, 0.25) is 5.91 Å². The van der Waals surface area contributed by atoms with E-state index in [2.05, 4.69) is 5.32 Å². The fourth-order valence-corrected chi connectivity index (χ4v) is 3.17. The molecule has 1 aliphatic heterocycles. The maximum atomic E-state index is 11.8. The van der Waals surface area contributed by atoms with E-state index in [-0.39, 0.29) is 25.5 Å². The molecule has 34 heavy (non-hydrogen) atoms. The van der Waals surface area contributed by atoms with E-state index in [1.54, 1.807) is 0 Å². The van der Waals surface area contributed by atoms with Crippen LogP contribution in [0.4, 0.5) is 0 Å². The van der Waals surface area contributed by atoms with Gasteiger partial charge in [-0.05, 0) is 19.4 Å². The van der Waals surface area contributed by atoms with E-state index in [1.165, 1.54) is 6.92 Å². The molecular weight excluding hydrogens is 456 g/mol. The average molecular weight is 491 g/mol. The Balaban J connectivity index is 3.00. The standard InChI is InChI=1S/C21H34N2O11/c1-12(24)30-11-16-18(31-13(2)25)19(32-14(3)26)20(33-15(4)27)21(34-16)29-10-5-7-17(28)23-9-6-8-22/h16,18-21H,5-11,22H2,1-4H3,(H,23,28)/t16-,18-,19+,20+,21+/m1/s1. The van der Waals surface area contributed by atoms with Crippen LogP contribution in [-0.2, 0) is 52.4 Å². The summed E-state index contributed by atoms with van der Waals surface area (Å²) in [6, 6.07) is 0. The summed E-state index contributed by atoms with van der Waals surface area (Å²) in [7, 11) is 0. The van der Waals surface area contributed by atoms with E-state index in [9.17, 15) is 24.0 Å². The molecule has 0 bridgehead atoms. The van der Waals surface area contributed by atoms with Gasteiger partial charge in [-0.25, -0.2) is 0 Å². The Kier molecular flexibility index (Phi) is 13.1. The minimum absolute atomic E-state index is 0.0258. The highest BCUT2D eigenvalue weighted by atomic mass is 16.7. The molecular formula is C21H34N2O11. The van der Waals surface area contributed by atoms with Crippen molar-refractivity contribution in [3.8, 4) is 0 Å². The number of carbonyl (C=O) groups is 5. The summed E-state index contributed by atoms with van der Waals surface area (Å²) in [6.07, 6.45) is -5.07. The van der Waals surface area contributed by atoms with Gasteiger partial charge < -0.3 is 39.5 Å². The van der Waals surface area contributed by atoms with Crippen LogP contribution in [0.5, 0.6) is 0 Å². The largest absolute Gasteiger partial charge is 0.463 e. The number of ether oxygens (including phenoxy) is 6. The smallest absolute Gasteiger partial charge is 0.303 e. The van der Waals surface area contributed by atoms with Gasteiger partial charge in [-0.2, -0.15) is 0 Å². The molecule has 13 heteroatoms. The first-order valence-electron chi connectivity index (χ1n) is 10.9. The highest BCUT2D eigenvalue weighted by Crippen LogP contribution is 2.30. The number of nitrogens with two attached hydrogens (primary N) is 1. The van der Waals surface area contributed by atoms with Crippen LogP contribution in [0.1, 0.15) is 47.0 Å². The molecule has 0 aromatic heterocycles. The summed E-state index contributed by atoms with van der Waals surface area (Å²) in [5.74, 6) is -2.98. The Morgan fingerprint density at radius 3 is 1.97 bits per heavy atom. The Morgan fingerprint density at radius 2 is 1.41 bits per heavy atom. The third-order valence-corrected chi connectivity index (χ3v) is 4.48. The zero-order chi connectivity index (χ0) is 25.7. The van der Waals surface area contributed by atoms with Gasteiger partial charge in [-0.3, -0.25) is 24.0 Å². The normalized spacial score (nSPS) is 24.0. The second-order valence-electron chi connectivity index (χ2n) is 7.53. The molecule has 1 rings (SSSR count). The fourth-order valence-electron chi connectivity index (χ4n) is 3.17. The average Bonchev–Trinajstić information content (AvgIpc) is 2.72. The van der Waals surface area contributed by atoms with Gasteiger partial charge in [-0.1, -0.05) is 0 Å². The van der Waals surface area contributed by atoms with Crippen LogP contribution in [0.25, 0.3) is 0 Å². The van der Waals surface area contributed by atoms with Crippen molar-refractivity contribution < 1.29 is 52.4 Å². The first kappa shape index (κ1) is 29.3. The molecule has 1 fully saturated rings. The molecule has 5 atom stereocenters. The summed E-state index contributed by atoms with van der Waals surface area (Å²) in [4.78, 5) is 58.4. The molecule has 13 nitrogen and oxygen atoms in total. The quantitative estimate of drug-likeness (QED) is 0.189. The van der Waals surface area contributed by atoms with E-state index in [1.807, 2.05) is 0 Å². The van der Waals surface area contributed by atoms with Crippen LogP contribution in [0.15, 0.2) is 0 Å². The molecule has 1 saturated heterocycles. The topological polar surface area (TPSA) is 179 Å². The van der Waals surface area contributed by atoms with Crippen LogP contribution < -0.4 is 11.1 Å². The zero-order valence-electron chi connectivity index (χ0n) is 19.9. The van der Waals surface area contributed by atoms with E-state index >= 15 is 0 Å². The first-order chi connectivity index (χ1) is 16.0. The van der Waals surface area contributed by atoms with Crippen LogP contribution in [-0.4, -0.2) is 86.8 Å². The third-order valence-electron chi connectivity index (χ3n) is 4.48. The summed E-state index contributed by atoms with van der Waals surface area (Å²) in [5, 5.41) is 2.71. The number of nitrogens with one attached hydrogen (secondary N) is 1. The second-order valence-corrected chi connectivity index (χ2v) is 7.53. The summed E-state index contributed by atoms with van der Waals surface area (Å²) in [5.41, 5.74) is 5.39. The van der Waals surface area contributed by atoms with Crippen LogP contribution >= 0.6 is 0 Å². The van der Waals surface area contributed by atoms with Gasteiger partial charge in [0.25, 0.3) is 0 Å². The SMILES string of the molecule is CC(=O)OC[C@H]1O[C@H](OCCCC(=O)NCCCN)[C@@H](OC(C)=O)[C@@H](OC(C)=O)[C@@H]1OC(C)=O. The van der Waals surface area contributed by atoms with Gasteiger partial charge in [0.1, 0.15) is 12.7 Å². The van der Waals surface area contributed by atoms with E-state index < -0.39 is 54.6 Å². The molecule has 0 aromatic carbocycles. The molecule has 0 saturated carbocycles. The number of esters is 4. The monoisotopic (exact) mass is 490 g/mol. The molecule has 0 spiro atoms. The first-order valence-corrected chi connectivity index (χ1v) is 10.9. The van der Waals surface area contributed by atoms with Gasteiger partial charge in [-0.15, -0.1) is 0 Å². The lowest BCUT2D eigenvalue weighted by Gasteiger charge is -2.44. The lowest BCUT2D eigenvalue weighted by atomic mass is 9.98. The minimum atomic E-state index is -1.30. The Hall–Kier alpha value is -2.77. The molecule has 0 aromatic rings. The van der Waals surface area contributed by atoms with E-state index in [0.717, 1.165) is 20.8 Å². The summed E-state index contributed by atoms with van der Waals surface area (Å²) < 4.78 is 32.4. The van der Waals surface area contributed by atoms with Crippen molar-refractivity contribution >= 4 is 29.8 Å². The predicted octanol–water partition coefficient (Wildman–Crippen LogP) is -0.669. The highest BCUT2D eigenvalue weighted by Gasteiger charge is 2.52. The van der Waals surface area contributed by atoms with Crippen LogP contribution in [0, 0.1) is 0 Å². The number of amides is 1. The molecule has 0 radical (unpaired) electrons. The van der Waals surface area contributed by atoms with E-state index in [4.69, 9.17) is 34.2 Å². The summed E-state index contributed by atoms with van der Waals surface area (Å²) in [6.45, 7) is 5.20. The predicted molar refractivity (Wildman–Crippen MR) is 114 cm³/mol. The van der Waals surface area contributed by atoms with Crippen molar-refractivity contribution in [3.05, 3.63) is 0 Å². The molecule has 194 valence electrons. The fraction of sp³-hybridized carbons (Fsp3) is 0.762. The van der Waals surface area contributed by atoms with Gasteiger partial charge in [0.15, 0.2) is 24.6 Å². The zero-order valence-corrected chi connectivity index (χ0v) is 19.9. The van der Waals surface area contributed by atoms with Gasteiger partial charge in [0, 0.05) is 40.7 Å². The number of hydrogen-bond acceptors (Lipinski definition) is 12. The van der Waals surface area contributed by atoms with Gasteiger partial charge >= 0.3 is 23.9 Å². The maximum Gasteiger partial charge on any atom is 0.303 e. The van der Waals surface area contributed by atoms with Crippen molar-refractivity contribution in [3.63, 3.8) is 0 Å². The Bertz CT molecular complexity index is 715. The lowest BCUT2D eigenvalue weighted by Crippen LogP contribution is -2.63. The van der Waals surface area contributed by atoms with Crippen molar-refractivity contribution in [2.45, 2.75) is 77.7 Å². The number of hydrogen-bond donors (Lipinski definition) is 2. The van der Waals surface area contributed by atoms with Crippen LogP contribution in [0.3, 0.4) is 0 Å². The number of rotatable bonds is 13. The van der Waals surface area contributed by atoms with Crippen molar-refractivity contribution in [1.82, 2.24) is 5.32 Å². The maximum absolute atomic E-state index is 11.8. The number of carbonyl (C=O) groups excluding carboxylic acids is 5. The summed E-state index contributed by atoms with van der Waals surface area (Å²) >= 11 is 0. The molecule has 1 aliphatic rings. The van der Waals surface area contributed by atoms with Gasteiger partial charge in [0.05, 0.1) is 6.61 Å². The molecule has 1 amide bonds. The molecule has 0 aliphatic carbocycles. The molecule has 1 heterocycles. The molecule has 0 unspecified atom stereocenters. The Morgan fingerprint density at radius 1 is 0.824 bits per heavy atom. The second kappa shape index (κ2) is 15.2. The van der Waals surface area contributed by atoms with E-state index in [0.29, 0.717) is 25.9 Å². The minimum Gasteiger partial charge on any atom is -0.463 e. The van der Waals surface area contributed by atoms with Crippen LogP contribution in [0.2, 0.25) is 0 Å². The third kappa shape index (κ3) is 10.9. The molecule has 3 N–H and O–H groups in total. The van der Waals surface area contributed by atoms with Crippen molar-refractivity contribution in [1.29, 1.82) is 0 Å². The Labute approximate surface area is 197 Å².